The fourth-order valence-corrected chi connectivity index (χ4v) is 1.45. The standard InChI is InChI=1S/C12H12BN.2ClH/c13-14(11-7-3-1-4-8-11)12-9-5-2-6-10-12;;/h1-10H,13H2;2*1H. The SMILES string of the molecule is BN(c1ccccc1)c1ccccc1.Cl.Cl. The summed E-state index contributed by atoms with van der Waals surface area (Å²) in [6.45, 7) is 0. The zero-order valence-electron chi connectivity index (χ0n) is 9.04. The Kier molecular flexibility index (Phi) is 6.70. The Bertz CT molecular complexity index is 355. The average Bonchev–Trinajstić information content (AvgIpc) is 2.30. The van der Waals surface area contributed by atoms with Crippen molar-refractivity contribution in [3.05, 3.63) is 60.7 Å². The molecule has 0 amide bonds. The zero-order chi connectivity index (χ0) is 9.80. The Balaban J connectivity index is 0.00000112. The molecule has 0 spiro atoms. The zero-order valence-corrected chi connectivity index (χ0v) is 10.7. The molecule has 0 aliphatic heterocycles. The molecule has 0 radical (unpaired) electrons. The molecule has 2 rings (SSSR count). The topological polar surface area (TPSA) is 3.24 Å². The summed E-state index contributed by atoms with van der Waals surface area (Å²) < 4.78 is 0. The maximum Gasteiger partial charge on any atom is 0.223 e. The van der Waals surface area contributed by atoms with Gasteiger partial charge in [0.25, 0.3) is 0 Å². The van der Waals surface area contributed by atoms with E-state index in [0.717, 1.165) is 0 Å². The average molecular weight is 254 g/mol. The number of rotatable bonds is 2. The van der Waals surface area contributed by atoms with Gasteiger partial charge in [0.15, 0.2) is 0 Å². The molecule has 2 aromatic carbocycles. The number of hydrogen-bond donors (Lipinski definition) is 0. The van der Waals surface area contributed by atoms with Gasteiger partial charge in [0.05, 0.1) is 0 Å². The molecule has 0 saturated heterocycles. The Morgan fingerprint density at radius 2 is 0.938 bits per heavy atom. The molecule has 4 heteroatoms. The number of anilines is 2. The maximum absolute atomic E-state index is 2.17. The van der Waals surface area contributed by atoms with Gasteiger partial charge in [-0.3, -0.25) is 0 Å². The first-order valence-corrected chi connectivity index (χ1v) is 4.72. The van der Waals surface area contributed by atoms with Crippen molar-refractivity contribution in [3.63, 3.8) is 0 Å². The van der Waals surface area contributed by atoms with Gasteiger partial charge in [-0.1, -0.05) is 36.4 Å². The van der Waals surface area contributed by atoms with Crippen LogP contribution in [0.25, 0.3) is 0 Å². The monoisotopic (exact) mass is 253 g/mol. The van der Waals surface area contributed by atoms with E-state index < -0.39 is 0 Å². The van der Waals surface area contributed by atoms with Gasteiger partial charge in [0, 0.05) is 11.4 Å². The summed E-state index contributed by atoms with van der Waals surface area (Å²) in [5.41, 5.74) is 2.41. The van der Waals surface area contributed by atoms with Gasteiger partial charge in [0.1, 0.15) is 0 Å². The Labute approximate surface area is 110 Å². The predicted molar refractivity (Wildman–Crippen MR) is 78.1 cm³/mol. The van der Waals surface area contributed by atoms with Gasteiger partial charge in [0.2, 0.25) is 7.98 Å². The predicted octanol–water partition coefficient (Wildman–Crippen LogP) is 3.22. The molecule has 2 aromatic rings. The highest BCUT2D eigenvalue weighted by atomic mass is 35.5. The highest BCUT2D eigenvalue weighted by molar-refractivity contribution is 6.22. The molecule has 84 valence electrons. The second-order valence-corrected chi connectivity index (χ2v) is 3.23. The van der Waals surface area contributed by atoms with Gasteiger partial charge in [-0.2, -0.15) is 0 Å². The van der Waals surface area contributed by atoms with Crippen LogP contribution in [0, 0.1) is 0 Å². The third-order valence-corrected chi connectivity index (χ3v) is 2.29. The molecule has 0 heterocycles. The van der Waals surface area contributed by atoms with E-state index in [-0.39, 0.29) is 24.8 Å². The number of benzene rings is 2. The van der Waals surface area contributed by atoms with Crippen LogP contribution in [0.2, 0.25) is 0 Å². The van der Waals surface area contributed by atoms with Crippen LogP contribution in [-0.4, -0.2) is 7.98 Å². The molecule has 0 fully saturated rings. The molecule has 0 aliphatic carbocycles. The molecule has 0 bridgehead atoms. The van der Waals surface area contributed by atoms with E-state index in [9.17, 15) is 0 Å². The molecular formula is C12H14BCl2N. The number of hydrogen-bond acceptors (Lipinski definition) is 1. The summed E-state index contributed by atoms with van der Waals surface area (Å²) in [6.07, 6.45) is 0. The summed E-state index contributed by atoms with van der Waals surface area (Å²) in [4.78, 5) is 2.17. The molecule has 1 nitrogen and oxygen atoms in total. The quantitative estimate of drug-likeness (QED) is 0.743. The van der Waals surface area contributed by atoms with Crippen molar-refractivity contribution in [2.45, 2.75) is 0 Å². The fraction of sp³-hybridized carbons (Fsp3) is 0. The van der Waals surface area contributed by atoms with Crippen LogP contribution < -0.4 is 4.81 Å². The van der Waals surface area contributed by atoms with E-state index in [1.54, 1.807) is 0 Å². The molecule has 0 N–H and O–H groups in total. The lowest BCUT2D eigenvalue weighted by molar-refractivity contribution is 1.41. The van der Waals surface area contributed by atoms with Crippen LogP contribution in [0.1, 0.15) is 0 Å². The summed E-state index contributed by atoms with van der Waals surface area (Å²) in [6, 6.07) is 20.7. The fourth-order valence-electron chi connectivity index (χ4n) is 1.45. The third kappa shape index (κ3) is 3.48. The van der Waals surface area contributed by atoms with Crippen LogP contribution >= 0.6 is 24.8 Å². The van der Waals surface area contributed by atoms with Crippen LogP contribution in [0.15, 0.2) is 60.7 Å². The highest BCUT2D eigenvalue weighted by Gasteiger charge is 2.00. The Morgan fingerprint density at radius 3 is 1.25 bits per heavy atom. The number of nitrogens with zero attached hydrogens (tertiary/aromatic N) is 1. The van der Waals surface area contributed by atoms with Crippen LogP contribution in [0.4, 0.5) is 11.4 Å². The molecule has 0 saturated carbocycles. The highest BCUT2D eigenvalue weighted by Crippen LogP contribution is 2.21. The van der Waals surface area contributed by atoms with E-state index >= 15 is 0 Å². The van der Waals surface area contributed by atoms with Crippen molar-refractivity contribution in [1.29, 1.82) is 0 Å². The van der Waals surface area contributed by atoms with E-state index in [1.807, 2.05) is 12.1 Å². The van der Waals surface area contributed by atoms with Crippen molar-refractivity contribution in [2.75, 3.05) is 4.81 Å². The molecule has 0 atom stereocenters. The van der Waals surface area contributed by atoms with Crippen LogP contribution in [0.5, 0.6) is 0 Å². The number of halogens is 2. The van der Waals surface area contributed by atoms with E-state index in [4.69, 9.17) is 0 Å². The van der Waals surface area contributed by atoms with Gasteiger partial charge in [-0.25, -0.2) is 0 Å². The number of para-hydroxylation sites is 2. The first-order valence-electron chi connectivity index (χ1n) is 4.72. The van der Waals surface area contributed by atoms with Crippen LogP contribution in [0.3, 0.4) is 0 Å². The summed E-state index contributed by atoms with van der Waals surface area (Å²) >= 11 is 0. The van der Waals surface area contributed by atoms with Crippen molar-refractivity contribution in [3.8, 4) is 0 Å². The van der Waals surface area contributed by atoms with Crippen molar-refractivity contribution in [2.24, 2.45) is 0 Å². The van der Waals surface area contributed by atoms with Crippen molar-refractivity contribution >= 4 is 44.2 Å². The van der Waals surface area contributed by atoms with Gasteiger partial charge >= 0.3 is 0 Å². The van der Waals surface area contributed by atoms with Gasteiger partial charge < -0.3 is 4.81 Å². The summed E-state index contributed by atoms with van der Waals surface area (Å²) in [5, 5.41) is 0. The van der Waals surface area contributed by atoms with E-state index in [0.29, 0.717) is 0 Å². The van der Waals surface area contributed by atoms with Gasteiger partial charge in [-0.05, 0) is 24.3 Å². The minimum Gasteiger partial charge on any atom is -0.394 e. The Morgan fingerprint density at radius 1 is 0.625 bits per heavy atom. The normalized spacial score (nSPS) is 8.50. The van der Waals surface area contributed by atoms with Gasteiger partial charge in [-0.15, -0.1) is 24.8 Å². The van der Waals surface area contributed by atoms with Crippen LogP contribution in [-0.2, 0) is 0 Å². The minimum absolute atomic E-state index is 0. The molecular weight excluding hydrogens is 240 g/mol. The van der Waals surface area contributed by atoms with Crippen molar-refractivity contribution in [1.82, 2.24) is 0 Å². The van der Waals surface area contributed by atoms with E-state index in [2.05, 4.69) is 61.3 Å². The second-order valence-electron chi connectivity index (χ2n) is 3.23. The van der Waals surface area contributed by atoms with E-state index in [1.165, 1.54) is 11.4 Å². The lowest BCUT2D eigenvalue weighted by Gasteiger charge is -2.19. The first kappa shape index (κ1) is 14.9. The molecule has 0 aliphatic rings. The maximum atomic E-state index is 2.17. The van der Waals surface area contributed by atoms with Crippen molar-refractivity contribution < 1.29 is 0 Å². The summed E-state index contributed by atoms with van der Waals surface area (Å²) in [7, 11) is 2.07. The second kappa shape index (κ2) is 7.21. The Hall–Kier alpha value is -1.12. The molecule has 16 heavy (non-hydrogen) atoms. The first-order chi connectivity index (χ1) is 6.88. The lowest BCUT2D eigenvalue weighted by Crippen LogP contribution is -2.10. The lowest BCUT2D eigenvalue weighted by atomic mass is 10.1. The third-order valence-electron chi connectivity index (χ3n) is 2.29. The summed E-state index contributed by atoms with van der Waals surface area (Å²) in [5.74, 6) is 0. The largest absolute Gasteiger partial charge is 0.394 e. The smallest absolute Gasteiger partial charge is 0.223 e. The minimum atomic E-state index is 0. The molecule has 0 unspecified atom stereocenters. The molecule has 0 aromatic heterocycles.